The lowest BCUT2D eigenvalue weighted by atomic mass is 10.1. The highest BCUT2D eigenvalue weighted by molar-refractivity contribution is 5.76. The van der Waals surface area contributed by atoms with Crippen molar-refractivity contribution in [3.8, 4) is 0 Å². The molecule has 0 fully saturated rings. The van der Waals surface area contributed by atoms with Crippen LogP contribution in [-0.4, -0.2) is 107 Å². The SMILES string of the molecule is CCCCCCCCCCCCCC(=O)N(CCCNNCC(=O)O)CCCNNCC(=O)O.O=C(O)C(F)(F)F.O=C(O)C(F)(F)F. The minimum absolute atomic E-state index is 0.146. The number of carboxylic acid groups (broad SMARTS) is 4. The van der Waals surface area contributed by atoms with Gasteiger partial charge in [0, 0.05) is 32.6 Å². The summed E-state index contributed by atoms with van der Waals surface area (Å²) in [6, 6.07) is 0. The number of hydrogen-bond acceptors (Lipinski definition) is 9. The lowest BCUT2D eigenvalue weighted by molar-refractivity contribution is -0.193. The molecule has 8 N–H and O–H groups in total. The second-order valence-corrected chi connectivity index (χ2v) is 10.3. The predicted molar refractivity (Wildman–Crippen MR) is 162 cm³/mol. The van der Waals surface area contributed by atoms with Crippen LogP contribution < -0.4 is 21.7 Å². The normalized spacial score (nSPS) is 11.1. The van der Waals surface area contributed by atoms with Crippen LogP contribution in [0.5, 0.6) is 0 Å². The third-order valence-electron chi connectivity index (χ3n) is 6.02. The van der Waals surface area contributed by atoms with Crippen LogP contribution in [0.4, 0.5) is 26.3 Å². The Morgan fingerprint density at radius 1 is 0.521 bits per heavy atom. The molecule has 0 bridgehead atoms. The fourth-order valence-electron chi connectivity index (χ4n) is 3.63. The molecule has 0 radical (unpaired) electrons. The summed E-state index contributed by atoms with van der Waals surface area (Å²) in [6.45, 7) is 4.25. The molecule has 1 amide bonds. The number of carboxylic acids is 4. The molecule has 0 aliphatic carbocycles. The average Bonchev–Trinajstić information content (AvgIpc) is 2.97. The summed E-state index contributed by atoms with van der Waals surface area (Å²) in [5.74, 6) is -7.23. The largest absolute Gasteiger partial charge is 0.490 e. The number of unbranched alkanes of at least 4 members (excludes halogenated alkanes) is 10. The summed E-state index contributed by atoms with van der Waals surface area (Å²) in [7, 11) is 0. The monoisotopic (exact) mass is 715 g/mol. The van der Waals surface area contributed by atoms with Crippen LogP contribution in [-0.2, 0) is 24.0 Å². The van der Waals surface area contributed by atoms with Gasteiger partial charge in [-0.25, -0.2) is 20.4 Å². The van der Waals surface area contributed by atoms with E-state index < -0.39 is 36.2 Å². The average molecular weight is 716 g/mol. The molecule has 0 aromatic rings. The van der Waals surface area contributed by atoms with Crippen LogP contribution in [0.2, 0.25) is 0 Å². The van der Waals surface area contributed by atoms with E-state index in [0.717, 1.165) is 12.8 Å². The van der Waals surface area contributed by atoms with E-state index in [1.54, 1.807) is 0 Å². The first kappa shape index (κ1) is 49.2. The number of carbonyl (C=O) groups excluding carboxylic acids is 1. The summed E-state index contributed by atoms with van der Waals surface area (Å²) >= 11 is 0. The molecule has 284 valence electrons. The van der Waals surface area contributed by atoms with Gasteiger partial charge in [-0.05, 0) is 19.3 Å². The lowest BCUT2D eigenvalue weighted by Gasteiger charge is -2.23. The molecular weight excluding hydrogens is 664 g/mol. The van der Waals surface area contributed by atoms with Gasteiger partial charge >= 0.3 is 36.2 Å². The summed E-state index contributed by atoms with van der Waals surface area (Å²) in [5.41, 5.74) is 10.9. The van der Waals surface area contributed by atoms with Gasteiger partial charge in [0.2, 0.25) is 5.91 Å². The van der Waals surface area contributed by atoms with Gasteiger partial charge in [-0.2, -0.15) is 26.3 Å². The standard InChI is InChI=1S/C24H49N5O5.2C2HF3O2/c1-2-3-4-5-6-7-8-9-10-11-12-15-22(30)29(18-13-16-25-27-20-23(31)32)19-14-17-26-28-21-24(33)34;2*3-2(4,5)1(6)7/h25-28H,2-21H2,1H3,(H,31,32)(H,33,34);2*(H,6,7). The zero-order valence-corrected chi connectivity index (χ0v) is 27.2. The molecule has 0 spiro atoms. The highest BCUT2D eigenvalue weighted by atomic mass is 19.4. The van der Waals surface area contributed by atoms with Crippen LogP contribution in [0.1, 0.15) is 96.8 Å². The van der Waals surface area contributed by atoms with E-state index in [4.69, 9.17) is 30.0 Å². The van der Waals surface area contributed by atoms with Crippen molar-refractivity contribution in [2.45, 2.75) is 109 Å². The van der Waals surface area contributed by atoms with Gasteiger partial charge in [0.25, 0.3) is 0 Å². The quantitative estimate of drug-likeness (QED) is 0.0362. The maximum atomic E-state index is 12.7. The van der Waals surface area contributed by atoms with Crippen molar-refractivity contribution in [1.29, 1.82) is 0 Å². The van der Waals surface area contributed by atoms with Gasteiger partial charge in [-0.3, -0.25) is 25.2 Å². The smallest absolute Gasteiger partial charge is 0.480 e. The number of hydrazine groups is 2. The zero-order chi connectivity index (χ0) is 37.4. The van der Waals surface area contributed by atoms with Gasteiger partial charge in [-0.15, -0.1) is 0 Å². The van der Waals surface area contributed by atoms with Gasteiger partial charge in [0.05, 0.1) is 0 Å². The Morgan fingerprint density at radius 3 is 1.12 bits per heavy atom. The Hall–Kier alpha value is -3.23. The molecule has 0 aromatic carbocycles. The second-order valence-electron chi connectivity index (χ2n) is 10.3. The van der Waals surface area contributed by atoms with Crippen molar-refractivity contribution in [2.75, 3.05) is 39.3 Å². The van der Waals surface area contributed by atoms with Gasteiger partial charge in [-0.1, -0.05) is 71.1 Å². The molecule has 14 nitrogen and oxygen atoms in total. The Balaban J connectivity index is -0.00000119. The van der Waals surface area contributed by atoms with Crippen LogP contribution in [0, 0.1) is 0 Å². The minimum atomic E-state index is -5.08. The van der Waals surface area contributed by atoms with Crippen LogP contribution in [0.25, 0.3) is 0 Å². The van der Waals surface area contributed by atoms with E-state index in [-0.39, 0.29) is 19.0 Å². The highest BCUT2D eigenvalue weighted by Crippen LogP contribution is 2.14. The zero-order valence-electron chi connectivity index (χ0n) is 27.2. The van der Waals surface area contributed by atoms with E-state index >= 15 is 0 Å². The van der Waals surface area contributed by atoms with E-state index in [1.165, 1.54) is 57.8 Å². The number of alkyl halides is 6. The Kier molecular flexibility index (Phi) is 31.8. The first-order chi connectivity index (χ1) is 22.4. The number of halogens is 6. The third kappa shape index (κ3) is 39.0. The number of amides is 1. The number of carbonyl (C=O) groups is 5. The summed E-state index contributed by atoms with van der Waals surface area (Å²) in [5, 5.41) is 31.5. The molecule has 0 rings (SSSR count). The number of nitrogens with one attached hydrogen (secondary N) is 4. The van der Waals surface area contributed by atoms with Crippen LogP contribution in [0.15, 0.2) is 0 Å². The highest BCUT2D eigenvalue weighted by Gasteiger charge is 2.38. The fourth-order valence-corrected chi connectivity index (χ4v) is 3.63. The molecule has 48 heavy (non-hydrogen) atoms. The molecule has 0 saturated heterocycles. The van der Waals surface area contributed by atoms with Crippen molar-refractivity contribution in [3.05, 3.63) is 0 Å². The lowest BCUT2D eigenvalue weighted by Crippen LogP contribution is -2.40. The van der Waals surface area contributed by atoms with E-state index in [2.05, 4.69) is 28.6 Å². The van der Waals surface area contributed by atoms with Gasteiger partial charge in [0.1, 0.15) is 13.1 Å². The topological polar surface area (TPSA) is 218 Å². The Morgan fingerprint density at radius 2 is 0.833 bits per heavy atom. The molecule has 0 aromatic heterocycles. The summed E-state index contributed by atoms with van der Waals surface area (Å²) in [4.78, 5) is 53.4. The van der Waals surface area contributed by atoms with Crippen molar-refractivity contribution in [2.24, 2.45) is 0 Å². The molecule has 0 heterocycles. The molecule has 0 aliphatic heterocycles. The van der Waals surface area contributed by atoms with Gasteiger partial charge < -0.3 is 25.3 Å². The molecule has 0 aliphatic rings. The van der Waals surface area contributed by atoms with Gasteiger partial charge in [0.15, 0.2) is 0 Å². The number of hydrogen-bond donors (Lipinski definition) is 8. The molecule has 0 unspecified atom stereocenters. The van der Waals surface area contributed by atoms with Crippen molar-refractivity contribution in [1.82, 2.24) is 26.6 Å². The maximum Gasteiger partial charge on any atom is 0.490 e. The van der Waals surface area contributed by atoms with E-state index in [9.17, 15) is 40.7 Å². The number of nitrogens with zero attached hydrogens (tertiary/aromatic N) is 1. The van der Waals surface area contributed by atoms with E-state index in [1.807, 2.05) is 4.90 Å². The summed E-state index contributed by atoms with van der Waals surface area (Å²) in [6.07, 6.45) is 5.52. The van der Waals surface area contributed by atoms with Crippen molar-refractivity contribution < 1.29 is 70.7 Å². The fraction of sp³-hybridized carbons (Fsp3) is 0.821. The second kappa shape index (κ2) is 31.1. The molecule has 0 saturated carbocycles. The van der Waals surface area contributed by atoms with E-state index in [0.29, 0.717) is 45.4 Å². The predicted octanol–water partition coefficient (Wildman–Crippen LogP) is 3.92. The maximum absolute atomic E-state index is 12.7. The van der Waals surface area contributed by atoms with Crippen LogP contribution >= 0.6 is 0 Å². The van der Waals surface area contributed by atoms with Crippen molar-refractivity contribution >= 4 is 29.8 Å². The first-order valence-corrected chi connectivity index (χ1v) is 15.6. The number of rotatable bonds is 26. The minimum Gasteiger partial charge on any atom is -0.480 e. The molecular formula is C28H51F6N5O9. The number of aliphatic carboxylic acids is 4. The first-order valence-electron chi connectivity index (χ1n) is 15.6. The third-order valence-corrected chi connectivity index (χ3v) is 6.02. The van der Waals surface area contributed by atoms with Crippen molar-refractivity contribution in [3.63, 3.8) is 0 Å². The Labute approximate surface area is 275 Å². The Bertz CT molecular complexity index is 832. The molecule has 0 atom stereocenters. The molecule has 20 heteroatoms. The van der Waals surface area contributed by atoms with Crippen LogP contribution in [0.3, 0.4) is 0 Å². The summed E-state index contributed by atoms with van der Waals surface area (Å²) < 4.78 is 63.5.